The van der Waals surface area contributed by atoms with Crippen LogP contribution in [0.2, 0.25) is 0 Å². The summed E-state index contributed by atoms with van der Waals surface area (Å²) < 4.78 is 5.16. The molecule has 1 heterocycles. The molecule has 4 heteroatoms. The Morgan fingerprint density at radius 3 is 2.20 bits per heavy atom. The Kier molecular flexibility index (Phi) is 5.96. The maximum atomic E-state index is 12.7. The van der Waals surface area contributed by atoms with Gasteiger partial charge in [0.2, 0.25) is 0 Å². The predicted molar refractivity (Wildman–Crippen MR) is 120 cm³/mol. The van der Waals surface area contributed by atoms with Crippen LogP contribution in [0.1, 0.15) is 28.3 Å². The Labute approximate surface area is 176 Å². The smallest absolute Gasteiger partial charge is 0.323 e. The second-order valence-corrected chi connectivity index (χ2v) is 7.56. The molecule has 0 spiro atoms. The van der Waals surface area contributed by atoms with E-state index in [0.717, 1.165) is 27.6 Å². The van der Waals surface area contributed by atoms with Crippen molar-refractivity contribution < 1.29 is 9.53 Å². The third-order valence-electron chi connectivity index (χ3n) is 5.47. The number of carbonyl (C=O) groups is 1. The van der Waals surface area contributed by atoms with Crippen molar-refractivity contribution >= 4 is 16.9 Å². The zero-order valence-corrected chi connectivity index (χ0v) is 17.3. The highest BCUT2D eigenvalue weighted by Gasteiger charge is 2.26. The summed E-state index contributed by atoms with van der Waals surface area (Å²) in [6, 6.07) is 26.1. The topological polar surface area (TPSA) is 54.1 Å². The third kappa shape index (κ3) is 4.29. The number of carbonyl (C=O) groups excluding carboxylic acids is 1. The Balaban J connectivity index is 1.68. The summed E-state index contributed by atoms with van der Waals surface area (Å²) in [5.41, 5.74) is 5.57. The number of hydrogen-bond acceptors (Lipinski definition) is 3. The van der Waals surface area contributed by atoms with Crippen molar-refractivity contribution in [3.05, 3.63) is 107 Å². The summed E-state index contributed by atoms with van der Waals surface area (Å²) in [4.78, 5) is 16.1. The molecule has 2 N–H and O–H groups in total. The zero-order valence-electron chi connectivity index (χ0n) is 17.3. The standard InChI is InChI=1S/C26H26N2O2/c1-18-13-14-23-22(15-18)21(17-27-23)16-24(26(29)30-2)28-25(19-9-5-3-6-10-19)20-11-7-4-8-12-20/h3-15,17,24-25,27-28H,16H2,1-2H3/t24-/m1/s1. The maximum absolute atomic E-state index is 12.7. The van der Waals surface area contributed by atoms with Gasteiger partial charge >= 0.3 is 5.97 Å². The van der Waals surface area contributed by atoms with Crippen molar-refractivity contribution in [3.8, 4) is 0 Å². The van der Waals surface area contributed by atoms with E-state index in [9.17, 15) is 4.79 Å². The fourth-order valence-electron chi connectivity index (χ4n) is 3.91. The number of aromatic amines is 1. The van der Waals surface area contributed by atoms with Gasteiger partial charge in [0, 0.05) is 23.5 Å². The van der Waals surface area contributed by atoms with Crippen LogP contribution in [0.4, 0.5) is 0 Å². The number of nitrogens with one attached hydrogen (secondary N) is 2. The summed E-state index contributed by atoms with van der Waals surface area (Å²) in [6.45, 7) is 2.08. The highest BCUT2D eigenvalue weighted by Crippen LogP contribution is 2.25. The molecule has 0 fully saturated rings. The van der Waals surface area contributed by atoms with Crippen LogP contribution < -0.4 is 5.32 Å². The normalized spacial score (nSPS) is 12.2. The van der Waals surface area contributed by atoms with E-state index in [2.05, 4.69) is 59.7 Å². The quantitative estimate of drug-likeness (QED) is 0.434. The summed E-state index contributed by atoms with van der Waals surface area (Å²) in [5.74, 6) is -0.270. The molecule has 0 amide bonds. The van der Waals surface area contributed by atoms with E-state index in [-0.39, 0.29) is 12.0 Å². The van der Waals surface area contributed by atoms with E-state index in [4.69, 9.17) is 4.74 Å². The molecule has 1 atom stereocenters. The number of ether oxygens (including phenoxy) is 1. The first-order valence-corrected chi connectivity index (χ1v) is 10.2. The van der Waals surface area contributed by atoms with Crippen LogP contribution in [-0.2, 0) is 16.0 Å². The second-order valence-electron chi connectivity index (χ2n) is 7.56. The lowest BCUT2D eigenvalue weighted by atomic mass is 9.96. The van der Waals surface area contributed by atoms with Crippen molar-refractivity contribution in [2.45, 2.75) is 25.4 Å². The molecule has 0 saturated carbocycles. The number of aryl methyl sites for hydroxylation is 1. The van der Waals surface area contributed by atoms with Gasteiger partial charge in [0.1, 0.15) is 6.04 Å². The molecule has 0 radical (unpaired) electrons. The molecule has 4 rings (SSSR count). The number of hydrogen-bond donors (Lipinski definition) is 2. The molecule has 4 nitrogen and oxygen atoms in total. The summed E-state index contributed by atoms with van der Waals surface area (Å²) in [7, 11) is 1.44. The zero-order chi connectivity index (χ0) is 20.9. The van der Waals surface area contributed by atoms with Crippen LogP contribution in [0.5, 0.6) is 0 Å². The number of rotatable bonds is 7. The molecular weight excluding hydrogens is 372 g/mol. The largest absolute Gasteiger partial charge is 0.468 e. The van der Waals surface area contributed by atoms with Crippen molar-refractivity contribution in [2.24, 2.45) is 0 Å². The van der Waals surface area contributed by atoms with Crippen molar-refractivity contribution in [3.63, 3.8) is 0 Å². The highest BCUT2D eigenvalue weighted by molar-refractivity contribution is 5.85. The molecule has 152 valence electrons. The van der Waals surface area contributed by atoms with E-state index >= 15 is 0 Å². The van der Waals surface area contributed by atoms with E-state index in [1.807, 2.05) is 42.6 Å². The maximum Gasteiger partial charge on any atom is 0.323 e. The van der Waals surface area contributed by atoms with Crippen molar-refractivity contribution in [2.75, 3.05) is 7.11 Å². The van der Waals surface area contributed by atoms with Crippen molar-refractivity contribution in [1.82, 2.24) is 10.3 Å². The number of H-pyrrole nitrogens is 1. The van der Waals surface area contributed by atoms with E-state index in [0.29, 0.717) is 6.42 Å². The molecule has 1 aromatic heterocycles. The van der Waals surface area contributed by atoms with Gasteiger partial charge in [-0.3, -0.25) is 10.1 Å². The second kappa shape index (κ2) is 8.97. The highest BCUT2D eigenvalue weighted by atomic mass is 16.5. The molecule has 0 aliphatic carbocycles. The predicted octanol–water partition coefficient (Wildman–Crippen LogP) is 4.94. The van der Waals surface area contributed by atoms with Gasteiger partial charge in [0.05, 0.1) is 13.2 Å². The molecule has 30 heavy (non-hydrogen) atoms. The van der Waals surface area contributed by atoms with Gasteiger partial charge in [-0.1, -0.05) is 72.3 Å². The van der Waals surface area contributed by atoms with Crippen molar-refractivity contribution in [1.29, 1.82) is 0 Å². The van der Waals surface area contributed by atoms with Gasteiger partial charge in [-0.2, -0.15) is 0 Å². The molecule has 4 aromatic rings. The first kappa shape index (κ1) is 19.9. The van der Waals surface area contributed by atoms with Gasteiger partial charge < -0.3 is 9.72 Å². The summed E-state index contributed by atoms with van der Waals surface area (Å²) >= 11 is 0. The molecular formula is C26H26N2O2. The number of fused-ring (bicyclic) bond motifs is 1. The minimum atomic E-state index is -0.486. The van der Waals surface area contributed by atoms with Crippen LogP contribution in [0.25, 0.3) is 10.9 Å². The molecule has 0 aliphatic rings. The Bertz CT molecular complexity index is 1080. The van der Waals surface area contributed by atoms with E-state index in [1.54, 1.807) is 0 Å². The van der Waals surface area contributed by atoms with Crippen LogP contribution in [0.15, 0.2) is 85.1 Å². The van der Waals surface area contributed by atoms with Gasteiger partial charge in [-0.05, 0) is 35.7 Å². The fourth-order valence-corrected chi connectivity index (χ4v) is 3.91. The van der Waals surface area contributed by atoms with Gasteiger partial charge in [0.15, 0.2) is 0 Å². The molecule has 0 bridgehead atoms. The monoisotopic (exact) mass is 398 g/mol. The van der Waals surface area contributed by atoms with Crippen LogP contribution in [0, 0.1) is 6.92 Å². The summed E-state index contributed by atoms with van der Waals surface area (Å²) in [6.07, 6.45) is 2.52. The molecule has 0 unspecified atom stereocenters. The van der Waals surface area contributed by atoms with Gasteiger partial charge in [-0.15, -0.1) is 0 Å². The number of benzene rings is 3. The number of methoxy groups -OCH3 is 1. The minimum Gasteiger partial charge on any atom is -0.468 e. The third-order valence-corrected chi connectivity index (χ3v) is 5.47. The summed E-state index contributed by atoms with van der Waals surface area (Å²) in [5, 5.41) is 4.71. The lowest BCUT2D eigenvalue weighted by Gasteiger charge is -2.25. The van der Waals surface area contributed by atoms with Gasteiger partial charge in [-0.25, -0.2) is 0 Å². The first-order valence-electron chi connectivity index (χ1n) is 10.2. The first-order chi connectivity index (χ1) is 14.7. The number of aromatic nitrogens is 1. The molecule has 0 aliphatic heterocycles. The molecule has 0 saturated heterocycles. The number of esters is 1. The minimum absolute atomic E-state index is 0.122. The van der Waals surface area contributed by atoms with Gasteiger partial charge in [0.25, 0.3) is 0 Å². The fraction of sp³-hybridized carbons (Fsp3) is 0.192. The van der Waals surface area contributed by atoms with E-state index < -0.39 is 6.04 Å². The Hall–Kier alpha value is -3.37. The lowest BCUT2D eigenvalue weighted by molar-refractivity contribution is -0.143. The van der Waals surface area contributed by atoms with Crippen LogP contribution in [0.3, 0.4) is 0 Å². The lowest BCUT2D eigenvalue weighted by Crippen LogP contribution is -2.42. The Morgan fingerprint density at radius 1 is 0.967 bits per heavy atom. The average molecular weight is 399 g/mol. The SMILES string of the molecule is COC(=O)[C@@H](Cc1c[nH]c2ccc(C)cc12)NC(c1ccccc1)c1ccccc1. The molecule has 3 aromatic carbocycles. The van der Waals surface area contributed by atoms with E-state index in [1.165, 1.54) is 12.7 Å². The van der Waals surface area contributed by atoms with Crippen LogP contribution in [-0.4, -0.2) is 24.1 Å². The van der Waals surface area contributed by atoms with Crippen LogP contribution >= 0.6 is 0 Å². The Morgan fingerprint density at radius 2 is 1.60 bits per heavy atom. The average Bonchev–Trinajstić information content (AvgIpc) is 3.19.